The number of pyridine rings is 1. The molecule has 1 aliphatic carbocycles. The highest BCUT2D eigenvalue weighted by molar-refractivity contribution is 6.04. The number of carbonyl (C=O) groups is 1. The van der Waals surface area contributed by atoms with Crippen molar-refractivity contribution < 1.29 is 27.8 Å². The number of aromatic nitrogens is 3. The number of nitrogens with one attached hydrogen (secondary N) is 1. The molecule has 2 aromatic heterocycles. The highest BCUT2D eigenvalue weighted by Gasteiger charge is 2.33. The number of anilines is 1. The Bertz CT molecular complexity index is 1170. The first-order valence-corrected chi connectivity index (χ1v) is 10.7. The Morgan fingerprint density at radius 3 is 2.58 bits per heavy atom. The minimum absolute atomic E-state index is 0.205. The van der Waals surface area contributed by atoms with Crippen LogP contribution in [-0.4, -0.2) is 39.3 Å². The van der Waals surface area contributed by atoms with Crippen molar-refractivity contribution in [3.63, 3.8) is 0 Å². The van der Waals surface area contributed by atoms with Gasteiger partial charge in [-0.15, -0.1) is 0 Å². The van der Waals surface area contributed by atoms with Gasteiger partial charge >= 0.3 is 6.18 Å². The molecule has 0 unspecified atom stereocenters. The van der Waals surface area contributed by atoms with Gasteiger partial charge < -0.3 is 19.7 Å². The van der Waals surface area contributed by atoms with Crippen LogP contribution in [-0.2, 0) is 13.2 Å². The Labute approximate surface area is 188 Å². The monoisotopic (exact) mass is 462 g/mol. The van der Waals surface area contributed by atoms with E-state index in [0.29, 0.717) is 22.9 Å². The molecule has 1 fully saturated rings. The maximum Gasteiger partial charge on any atom is 0.433 e. The normalized spacial score (nSPS) is 19.0. The minimum Gasteiger partial charge on any atom is -0.494 e. The average molecular weight is 462 g/mol. The van der Waals surface area contributed by atoms with Crippen molar-refractivity contribution in [2.45, 2.75) is 37.8 Å². The molecule has 1 aliphatic rings. The van der Waals surface area contributed by atoms with Gasteiger partial charge in [-0.25, -0.2) is 9.97 Å². The molecule has 10 heteroatoms. The Hall–Kier alpha value is -3.14. The number of fused-ring (bicyclic) bond motifs is 1. The molecule has 1 aromatic carbocycles. The molecule has 0 bridgehead atoms. The van der Waals surface area contributed by atoms with Crippen LogP contribution in [0.3, 0.4) is 0 Å². The summed E-state index contributed by atoms with van der Waals surface area (Å²) in [4.78, 5) is 20.9. The molecule has 2 heterocycles. The van der Waals surface area contributed by atoms with Gasteiger partial charge in [-0.3, -0.25) is 4.79 Å². The summed E-state index contributed by atoms with van der Waals surface area (Å²) in [6.45, 7) is 0.205. The third-order valence-corrected chi connectivity index (χ3v) is 6.23. The fourth-order valence-corrected chi connectivity index (χ4v) is 4.38. The predicted molar refractivity (Wildman–Crippen MR) is 116 cm³/mol. The standard InChI is InChI=1S/C23H25F3N4O3/c1-30-18-10-17(29-22(32)15-4-3-5-20(27-15)23(24,25)26)19(33-2)11-16(18)28-21(30)14-8-6-13(12-31)7-9-14/h3-5,10-11,13-14,31H,6-9,12H2,1-2H3,(H,29,32). The summed E-state index contributed by atoms with van der Waals surface area (Å²) in [6.07, 6.45) is -0.888. The number of carbonyl (C=O) groups excluding carboxylic acids is 1. The van der Waals surface area contributed by atoms with E-state index in [4.69, 9.17) is 9.72 Å². The van der Waals surface area contributed by atoms with Crippen LogP contribution >= 0.6 is 0 Å². The van der Waals surface area contributed by atoms with Crippen LogP contribution in [0, 0.1) is 5.92 Å². The van der Waals surface area contributed by atoms with E-state index in [1.54, 1.807) is 12.1 Å². The SMILES string of the molecule is COc1cc2nc(C3CCC(CO)CC3)n(C)c2cc1NC(=O)c1cccc(C(F)(F)F)n1. The van der Waals surface area contributed by atoms with Gasteiger partial charge in [0.05, 0.1) is 23.8 Å². The van der Waals surface area contributed by atoms with Crippen molar-refractivity contribution >= 4 is 22.6 Å². The Morgan fingerprint density at radius 2 is 1.94 bits per heavy atom. The predicted octanol–water partition coefficient (Wildman–Crippen LogP) is 4.51. The number of hydrogen-bond acceptors (Lipinski definition) is 5. The number of methoxy groups -OCH3 is 1. The summed E-state index contributed by atoms with van der Waals surface area (Å²) >= 11 is 0. The molecular formula is C23H25F3N4O3. The van der Waals surface area contributed by atoms with Gasteiger partial charge in [-0.05, 0) is 49.8 Å². The largest absolute Gasteiger partial charge is 0.494 e. The Kier molecular flexibility index (Phi) is 6.29. The van der Waals surface area contributed by atoms with E-state index in [2.05, 4.69) is 10.3 Å². The molecule has 2 N–H and O–H groups in total. The van der Waals surface area contributed by atoms with E-state index in [9.17, 15) is 23.1 Å². The second-order valence-corrected chi connectivity index (χ2v) is 8.33. The van der Waals surface area contributed by atoms with Gasteiger partial charge in [0.2, 0.25) is 0 Å². The molecule has 0 spiro atoms. The zero-order valence-corrected chi connectivity index (χ0v) is 18.3. The van der Waals surface area contributed by atoms with Gasteiger partial charge in [-0.2, -0.15) is 13.2 Å². The maximum atomic E-state index is 13.0. The number of ether oxygens (including phenoxy) is 1. The van der Waals surface area contributed by atoms with Crippen LogP contribution in [0.15, 0.2) is 30.3 Å². The van der Waals surface area contributed by atoms with Crippen molar-refractivity contribution in [3.05, 3.63) is 47.5 Å². The van der Waals surface area contributed by atoms with Crippen LogP contribution in [0.2, 0.25) is 0 Å². The lowest BCUT2D eigenvalue weighted by Crippen LogP contribution is -2.18. The topological polar surface area (TPSA) is 89.3 Å². The second-order valence-electron chi connectivity index (χ2n) is 8.33. The number of rotatable bonds is 5. The van der Waals surface area contributed by atoms with Gasteiger partial charge in [0.1, 0.15) is 23.0 Å². The first-order chi connectivity index (χ1) is 15.7. The summed E-state index contributed by atoms with van der Waals surface area (Å²) in [6, 6.07) is 6.59. The highest BCUT2D eigenvalue weighted by Crippen LogP contribution is 2.38. The molecule has 1 amide bonds. The number of aliphatic hydroxyl groups excluding tert-OH is 1. The van der Waals surface area contributed by atoms with Gasteiger partial charge in [0, 0.05) is 25.6 Å². The van der Waals surface area contributed by atoms with E-state index in [0.717, 1.165) is 49.2 Å². The van der Waals surface area contributed by atoms with E-state index < -0.39 is 17.8 Å². The van der Waals surface area contributed by atoms with Crippen LogP contribution in [0.4, 0.5) is 18.9 Å². The molecule has 176 valence electrons. The van der Waals surface area contributed by atoms with Crippen molar-refractivity contribution in [2.75, 3.05) is 19.0 Å². The fourth-order valence-electron chi connectivity index (χ4n) is 4.38. The number of benzene rings is 1. The smallest absolute Gasteiger partial charge is 0.433 e. The van der Waals surface area contributed by atoms with E-state index in [1.165, 1.54) is 13.2 Å². The molecule has 0 radical (unpaired) electrons. The summed E-state index contributed by atoms with van der Waals surface area (Å²) in [5.74, 6) is 1.09. The number of nitrogens with zero attached hydrogens (tertiary/aromatic N) is 3. The van der Waals surface area contributed by atoms with Crippen LogP contribution < -0.4 is 10.1 Å². The number of aryl methyl sites for hydroxylation is 1. The Morgan fingerprint density at radius 1 is 1.21 bits per heavy atom. The molecule has 7 nitrogen and oxygen atoms in total. The van der Waals surface area contributed by atoms with E-state index in [1.807, 2.05) is 11.6 Å². The van der Waals surface area contributed by atoms with Gasteiger partial charge in [0.25, 0.3) is 5.91 Å². The van der Waals surface area contributed by atoms with Crippen molar-refractivity contribution in [3.8, 4) is 5.75 Å². The van der Waals surface area contributed by atoms with Crippen molar-refractivity contribution in [2.24, 2.45) is 13.0 Å². The molecule has 3 aromatic rings. The average Bonchev–Trinajstić information content (AvgIpc) is 3.13. The van der Waals surface area contributed by atoms with Gasteiger partial charge in [-0.1, -0.05) is 6.07 Å². The van der Waals surface area contributed by atoms with Gasteiger partial charge in [0.15, 0.2) is 0 Å². The number of amides is 1. The molecule has 4 rings (SSSR count). The van der Waals surface area contributed by atoms with E-state index >= 15 is 0 Å². The third kappa shape index (κ3) is 4.66. The van der Waals surface area contributed by atoms with Crippen LogP contribution in [0.5, 0.6) is 5.75 Å². The number of hydrogen-bond donors (Lipinski definition) is 2. The molecule has 1 saturated carbocycles. The summed E-state index contributed by atoms with van der Waals surface area (Å²) in [5, 5.41) is 12.0. The number of aliphatic hydroxyl groups is 1. The molecule has 0 aliphatic heterocycles. The summed E-state index contributed by atoms with van der Waals surface area (Å²) in [5.41, 5.74) is 0.294. The summed E-state index contributed by atoms with van der Waals surface area (Å²) < 4.78 is 46.2. The third-order valence-electron chi connectivity index (χ3n) is 6.23. The van der Waals surface area contributed by atoms with Crippen molar-refractivity contribution in [1.82, 2.24) is 14.5 Å². The second kappa shape index (κ2) is 9.01. The zero-order valence-electron chi connectivity index (χ0n) is 18.3. The fraction of sp³-hybridized carbons (Fsp3) is 0.435. The molecule has 0 atom stereocenters. The lowest BCUT2D eigenvalue weighted by molar-refractivity contribution is -0.141. The van der Waals surface area contributed by atoms with Crippen LogP contribution in [0.25, 0.3) is 11.0 Å². The molecular weight excluding hydrogens is 437 g/mol. The van der Waals surface area contributed by atoms with Crippen molar-refractivity contribution in [1.29, 1.82) is 0 Å². The lowest BCUT2D eigenvalue weighted by atomic mass is 9.82. The summed E-state index contributed by atoms with van der Waals surface area (Å²) in [7, 11) is 3.34. The Balaban J connectivity index is 1.63. The highest BCUT2D eigenvalue weighted by atomic mass is 19.4. The quantitative estimate of drug-likeness (QED) is 0.582. The number of imidazole rings is 1. The van der Waals surface area contributed by atoms with Crippen LogP contribution in [0.1, 0.15) is 53.6 Å². The lowest BCUT2D eigenvalue weighted by Gasteiger charge is -2.26. The van der Waals surface area contributed by atoms with E-state index in [-0.39, 0.29) is 18.2 Å². The molecule has 33 heavy (non-hydrogen) atoms. The number of alkyl halides is 3. The molecule has 0 saturated heterocycles. The number of halogens is 3. The maximum absolute atomic E-state index is 13.0. The minimum atomic E-state index is -4.64. The first kappa shape index (κ1) is 23.0. The zero-order chi connectivity index (χ0) is 23.8. The first-order valence-electron chi connectivity index (χ1n) is 10.7.